The molecule has 0 unspecified atom stereocenters. The molecule has 0 amide bonds. The number of aromatic nitrogens is 1. The van der Waals surface area contributed by atoms with E-state index in [1.54, 1.807) is 0 Å². The summed E-state index contributed by atoms with van der Waals surface area (Å²) in [5.74, 6) is 0. The molecule has 2 aliphatic rings. The summed E-state index contributed by atoms with van der Waals surface area (Å²) < 4.78 is 0. The third-order valence-electron chi connectivity index (χ3n) is 5.32. The fourth-order valence-corrected chi connectivity index (χ4v) is 3.82. The van der Waals surface area contributed by atoms with Gasteiger partial charge in [0.25, 0.3) is 0 Å². The SMILES string of the molecule is Cc1cccc(CN2CCC3(CC2)CC(N(C)C)C3)n1. The third kappa shape index (κ3) is 2.89. The van der Waals surface area contributed by atoms with Gasteiger partial charge in [0.2, 0.25) is 0 Å². The van der Waals surface area contributed by atoms with Crippen molar-refractivity contribution < 1.29 is 0 Å². The molecule has 1 saturated carbocycles. The molecule has 1 aliphatic heterocycles. The molecule has 0 atom stereocenters. The quantitative estimate of drug-likeness (QED) is 0.844. The summed E-state index contributed by atoms with van der Waals surface area (Å²) in [6.07, 6.45) is 5.58. The molecule has 1 saturated heterocycles. The lowest BCUT2D eigenvalue weighted by Gasteiger charge is -2.54. The number of piperidine rings is 1. The van der Waals surface area contributed by atoms with Crippen LogP contribution in [0.4, 0.5) is 0 Å². The lowest BCUT2D eigenvalue weighted by atomic mass is 9.60. The first-order chi connectivity index (χ1) is 9.56. The highest BCUT2D eigenvalue weighted by atomic mass is 15.2. The van der Waals surface area contributed by atoms with Gasteiger partial charge in [-0.15, -0.1) is 0 Å². The summed E-state index contributed by atoms with van der Waals surface area (Å²) in [7, 11) is 4.44. The Labute approximate surface area is 123 Å². The van der Waals surface area contributed by atoms with Crippen LogP contribution in [0.25, 0.3) is 0 Å². The Morgan fingerprint density at radius 2 is 1.95 bits per heavy atom. The fourth-order valence-electron chi connectivity index (χ4n) is 3.82. The maximum atomic E-state index is 4.62. The zero-order valence-electron chi connectivity index (χ0n) is 13.1. The highest BCUT2D eigenvalue weighted by molar-refractivity contribution is 5.10. The molecule has 0 bridgehead atoms. The Bertz CT molecular complexity index is 453. The Kier molecular flexibility index (Phi) is 3.83. The van der Waals surface area contributed by atoms with Gasteiger partial charge < -0.3 is 4.90 Å². The maximum absolute atomic E-state index is 4.62. The van der Waals surface area contributed by atoms with Crippen molar-refractivity contribution in [2.24, 2.45) is 5.41 Å². The van der Waals surface area contributed by atoms with Crippen LogP contribution in [0.2, 0.25) is 0 Å². The number of pyridine rings is 1. The highest BCUT2D eigenvalue weighted by Crippen LogP contribution is 2.50. The second kappa shape index (κ2) is 5.45. The lowest BCUT2D eigenvalue weighted by Crippen LogP contribution is -2.53. The molecule has 3 rings (SSSR count). The fraction of sp³-hybridized carbons (Fsp3) is 0.706. The third-order valence-corrected chi connectivity index (χ3v) is 5.32. The lowest BCUT2D eigenvalue weighted by molar-refractivity contribution is -0.0292. The first-order valence-corrected chi connectivity index (χ1v) is 7.88. The van der Waals surface area contributed by atoms with Crippen LogP contribution in [0.3, 0.4) is 0 Å². The van der Waals surface area contributed by atoms with E-state index in [4.69, 9.17) is 0 Å². The molecule has 0 radical (unpaired) electrons. The molecule has 110 valence electrons. The van der Waals surface area contributed by atoms with Gasteiger partial charge in [-0.3, -0.25) is 9.88 Å². The van der Waals surface area contributed by atoms with E-state index in [9.17, 15) is 0 Å². The van der Waals surface area contributed by atoms with Crippen molar-refractivity contribution >= 4 is 0 Å². The summed E-state index contributed by atoms with van der Waals surface area (Å²) in [6.45, 7) is 5.59. The van der Waals surface area contributed by atoms with Crippen molar-refractivity contribution in [2.45, 2.75) is 45.2 Å². The van der Waals surface area contributed by atoms with Gasteiger partial charge in [0.1, 0.15) is 0 Å². The molecular weight excluding hydrogens is 246 g/mol. The number of rotatable bonds is 3. The van der Waals surface area contributed by atoms with E-state index < -0.39 is 0 Å². The van der Waals surface area contributed by atoms with E-state index in [-0.39, 0.29) is 0 Å². The average molecular weight is 273 g/mol. The van der Waals surface area contributed by atoms with E-state index in [2.05, 4.69) is 54.0 Å². The Balaban J connectivity index is 1.50. The summed E-state index contributed by atoms with van der Waals surface area (Å²) >= 11 is 0. The Morgan fingerprint density at radius 1 is 1.25 bits per heavy atom. The normalized spacial score (nSPS) is 23.2. The van der Waals surface area contributed by atoms with Gasteiger partial charge in [-0.1, -0.05) is 6.07 Å². The first kappa shape index (κ1) is 14.0. The number of hydrogen-bond donors (Lipinski definition) is 0. The van der Waals surface area contributed by atoms with Gasteiger partial charge in [0, 0.05) is 18.3 Å². The molecule has 1 aromatic heterocycles. The predicted molar refractivity (Wildman–Crippen MR) is 82.6 cm³/mol. The van der Waals surface area contributed by atoms with Crippen molar-refractivity contribution in [3.8, 4) is 0 Å². The number of nitrogens with zero attached hydrogens (tertiary/aromatic N) is 3. The number of aryl methyl sites for hydroxylation is 1. The molecule has 1 aromatic rings. The largest absolute Gasteiger partial charge is 0.306 e. The molecule has 20 heavy (non-hydrogen) atoms. The molecule has 0 N–H and O–H groups in total. The Morgan fingerprint density at radius 3 is 2.55 bits per heavy atom. The topological polar surface area (TPSA) is 19.4 Å². The summed E-state index contributed by atoms with van der Waals surface area (Å²) in [5, 5.41) is 0. The molecule has 1 aliphatic carbocycles. The molecule has 2 fully saturated rings. The summed E-state index contributed by atoms with van der Waals surface area (Å²) in [4.78, 5) is 9.60. The van der Waals surface area contributed by atoms with Crippen LogP contribution in [0, 0.1) is 12.3 Å². The maximum Gasteiger partial charge on any atom is 0.0547 e. The average Bonchev–Trinajstić information content (AvgIpc) is 2.37. The van der Waals surface area contributed by atoms with Gasteiger partial charge in [0.15, 0.2) is 0 Å². The minimum Gasteiger partial charge on any atom is -0.306 e. The second-order valence-corrected chi connectivity index (χ2v) is 7.07. The number of hydrogen-bond acceptors (Lipinski definition) is 3. The highest BCUT2D eigenvalue weighted by Gasteiger charge is 2.46. The van der Waals surface area contributed by atoms with Gasteiger partial charge in [-0.2, -0.15) is 0 Å². The van der Waals surface area contributed by atoms with Gasteiger partial charge >= 0.3 is 0 Å². The summed E-state index contributed by atoms with van der Waals surface area (Å²) in [6, 6.07) is 7.18. The van der Waals surface area contributed by atoms with Gasteiger partial charge in [-0.25, -0.2) is 0 Å². The van der Waals surface area contributed by atoms with Crippen LogP contribution < -0.4 is 0 Å². The second-order valence-electron chi connectivity index (χ2n) is 7.07. The van der Waals surface area contributed by atoms with Gasteiger partial charge in [0.05, 0.1) is 5.69 Å². The standard InChI is InChI=1S/C17H27N3/c1-14-5-4-6-15(18-14)13-20-9-7-17(8-10-20)11-16(12-17)19(2)3/h4-6,16H,7-13H2,1-3H3. The monoisotopic (exact) mass is 273 g/mol. The summed E-state index contributed by atoms with van der Waals surface area (Å²) in [5.41, 5.74) is 3.02. The molecule has 3 heteroatoms. The molecule has 3 nitrogen and oxygen atoms in total. The van der Waals surface area contributed by atoms with Crippen LogP contribution in [-0.4, -0.2) is 48.0 Å². The predicted octanol–water partition coefficient (Wildman–Crippen LogP) is 2.70. The Hall–Kier alpha value is -0.930. The molecule has 0 aromatic carbocycles. The molecule has 2 heterocycles. The van der Waals surface area contributed by atoms with Crippen LogP contribution in [-0.2, 0) is 6.54 Å². The van der Waals surface area contributed by atoms with Crippen molar-refractivity contribution in [1.82, 2.24) is 14.8 Å². The van der Waals surface area contributed by atoms with Crippen LogP contribution in [0.15, 0.2) is 18.2 Å². The van der Waals surface area contributed by atoms with E-state index in [1.807, 2.05) is 0 Å². The molecule has 1 spiro atoms. The zero-order chi connectivity index (χ0) is 14.2. The first-order valence-electron chi connectivity index (χ1n) is 7.88. The minimum atomic E-state index is 0.672. The van der Waals surface area contributed by atoms with E-state index in [0.29, 0.717) is 5.41 Å². The molecular formula is C17H27N3. The number of likely N-dealkylation sites (tertiary alicyclic amines) is 1. The van der Waals surface area contributed by atoms with Crippen molar-refractivity contribution in [2.75, 3.05) is 27.2 Å². The van der Waals surface area contributed by atoms with E-state index in [1.165, 1.54) is 44.5 Å². The van der Waals surface area contributed by atoms with Crippen molar-refractivity contribution in [1.29, 1.82) is 0 Å². The minimum absolute atomic E-state index is 0.672. The van der Waals surface area contributed by atoms with Crippen LogP contribution >= 0.6 is 0 Å². The van der Waals surface area contributed by atoms with E-state index >= 15 is 0 Å². The van der Waals surface area contributed by atoms with Crippen LogP contribution in [0.1, 0.15) is 37.1 Å². The van der Waals surface area contributed by atoms with Crippen molar-refractivity contribution in [3.63, 3.8) is 0 Å². The zero-order valence-corrected chi connectivity index (χ0v) is 13.1. The van der Waals surface area contributed by atoms with Crippen molar-refractivity contribution in [3.05, 3.63) is 29.6 Å². The smallest absolute Gasteiger partial charge is 0.0547 e. The van der Waals surface area contributed by atoms with E-state index in [0.717, 1.165) is 18.3 Å². The van der Waals surface area contributed by atoms with Gasteiger partial charge in [-0.05, 0) is 77.3 Å². The van der Waals surface area contributed by atoms with Crippen LogP contribution in [0.5, 0.6) is 0 Å².